The Labute approximate surface area is 113 Å². The number of nitrogens with one attached hydrogen (secondary N) is 2. The zero-order chi connectivity index (χ0) is 13.0. The number of nitrogens with zero attached hydrogens (tertiary/aromatic N) is 2. The standard InChI is InChI=1S/C9H12N4O2S3/c1-2-10-5-7-3-4-8(17-7)18(14,15)13-9-12-11-6-16-9/h3-4,6,10H,2,5H2,1H3,(H,12,13). The maximum absolute atomic E-state index is 12.0. The topological polar surface area (TPSA) is 84.0 Å². The van der Waals surface area contributed by atoms with Gasteiger partial charge in [0.15, 0.2) is 0 Å². The molecule has 0 aliphatic carbocycles. The molecule has 2 rings (SSSR count). The molecule has 2 aromatic rings. The normalized spacial score (nSPS) is 11.6. The van der Waals surface area contributed by atoms with E-state index >= 15 is 0 Å². The van der Waals surface area contributed by atoms with Gasteiger partial charge in [0, 0.05) is 11.4 Å². The van der Waals surface area contributed by atoms with E-state index in [4.69, 9.17) is 0 Å². The Morgan fingerprint density at radius 3 is 2.89 bits per heavy atom. The average Bonchev–Trinajstić information content (AvgIpc) is 2.96. The zero-order valence-electron chi connectivity index (χ0n) is 9.58. The molecular formula is C9H12N4O2S3. The van der Waals surface area contributed by atoms with Crippen molar-refractivity contribution in [1.82, 2.24) is 15.5 Å². The van der Waals surface area contributed by atoms with Crippen molar-refractivity contribution in [3.05, 3.63) is 22.5 Å². The van der Waals surface area contributed by atoms with Crippen LogP contribution >= 0.6 is 22.7 Å². The van der Waals surface area contributed by atoms with Crippen LogP contribution in [0.25, 0.3) is 0 Å². The number of aromatic nitrogens is 2. The van der Waals surface area contributed by atoms with Crippen molar-refractivity contribution in [1.29, 1.82) is 0 Å². The fraction of sp³-hybridized carbons (Fsp3) is 0.333. The van der Waals surface area contributed by atoms with Gasteiger partial charge in [-0.05, 0) is 18.7 Å². The van der Waals surface area contributed by atoms with E-state index in [9.17, 15) is 8.42 Å². The second kappa shape index (κ2) is 5.74. The summed E-state index contributed by atoms with van der Waals surface area (Å²) in [4.78, 5) is 0.981. The minimum Gasteiger partial charge on any atom is -0.312 e. The average molecular weight is 304 g/mol. The van der Waals surface area contributed by atoms with Crippen LogP contribution < -0.4 is 10.0 Å². The second-order valence-corrected chi connectivity index (χ2v) is 7.26. The van der Waals surface area contributed by atoms with Crippen molar-refractivity contribution in [3.8, 4) is 0 Å². The molecule has 0 atom stereocenters. The third-order valence-corrected chi connectivity index (χ3v) is 5.68. The van der Waals surface area contributed by atoms with Gasteiger partial charge in [-0.2, -0.15) is 0 Å². The van der Waals surface area contributed by atoms with E-state index in [0.29, 0.717) is 6.54 Å². The lowest BCUT2D eigenvalue weighted by molar-refractivity contribution is 0.603. The number of thiophene rings is 1. The van der Waals surface area contributed by atoms with Crippen molar-refractivity contribution in [2.24, 2.45) is 0 Å². The summed E-state index contributed by atoms with van der Waals surface area (Å²) < 4.78 is 26.7. The van der Waals surface area contributed by atoms with E-state index in [1.807, 2.05) is 13.0 Å². The lowest BCUT2D eigenvalue weighted by Gasteiger charge is -2.01. The van der Waals surface area contributed by atoms with E-state index in [1.54, 1.807) is 6.07 Å². The molecule has 0 saturated carbocycles. The number of hydrogen-bond donors (Lipinski definition) is 2. The number of anilines is 1. The smallest absolute Gasteiger partial charge is 0.273 e. The first kappa shape index (κ1) is 13.4. The summed E-state index contributed by atoms with van der Waals surface area (Å²) in [5.74, 6) is 0. The van der Waals surface area contributed by atoms with Gasteiger partial charge in [-0.1, -0.05) is 18.3 Å². The van der Waals surface area contributed by atoms with Gasteiger partial charge in [0.1, 0.15) is 9.72 Å². The molecule has 0 aliphatic rings. The highest BCUT2D eigenvalue weighted by molar-refractivity contribution is 7.94. The molecule has 18 heavy (non-hydrogen) atoms. The summed E-state index contributed by atoms with van der Waals surface area (Å²) in [6, 6.07) is 3.41. The van der Waals surface area contributed by atoms with Gasteiger partial charge in [-0.3, -0.25) is 4.72 Å². The molecule has 2 N–H and O–H groups in total. The van der Waals surface area contributed by atoms with Crippen LogP contribution in [-0.2, 0) is 16.6 Å². The Balaban J connectivity index is 2.12. The van der Waals surface area contributed by atoms with Gasteiger partial charge in [-0.25, -0.2) is 8.42 Å². The highest BCUT2D eigenvalue weighted by Gasteiger charge is 2.18. The van der Waals surface area contributed by atoms with E-state index in [-0.39, 0.29) is 9.34 Å². The Bertz CT molecular complexity index is 591. The quantitative estimate of drug-likeness (QED) is 0.845. The first-order chi connectivity index (χ1) is 8.62. The molecule has 0 saturated heterocycles. The monoisotopic (exact) mass is 304 g/mol. The predicted octanol–water partition coefficient (Wildman–Crippen LogP) is 1.51. The van der Waals surface area contributed by atoms with Crippen molar-refractivity contribution >= 4 is 37.8 Å². The molecule has 9 heteroatoms. The molecule has 0 bridgehead atoms. The molecule has 0 aliphatic heterocycles. The lowest BCUT2D eigenvalue weighted by Crippen LogP contribution is -2.11. The van der Waals surface area contributed by atoms with Gasteiger partial charge in [0.25, 0.3) is 10.0 Å². The summed E-state index contributed by atoms with van der Waals surface area (Å²) in [7, 11) is -3.54. The van der Waals surface area contributed by atoms with Crippen LogP contribution in [0.2, 0.25) is 0 Å². The number of rotatable bonds is 6. The van der Waals surface area contributed by atoms with Crippen molar-refractivity contribution in [2.75, 3.05) is 11.3 Å². The Hall–Kier alpha value is -1.03. The number of hydrogen-bond acceptors (Lipinski definition) is 7. The third-order valence-electron chi connectivity index (χ3n) is 2.03. The molecule has 0 amide bonds. The third kappa shape index (κ3) is 3.25. The van der Waals surface area contributed by atoms with Crippen LogP contribution in [0.15, 0.2) is 21.9 Å². The molecule has 0 unspecified atom stereocenters. The fourth-order valence-electron chi connectivity index (χ4n) is 1.23. The molecular weight excluding hydrogens is 292 g/mol. The largest absolute Gasteiger partial charge is 0.312 e. The maximum Gasteiger partial charge on any atom is 0.273 e. The highest BCUT2D eigenvalue weighted by Crippen LogP contribution is 2.24. The van der Waals surface area contributed by atoms with Crippen LogP contribution in [-0.4, -0.2) is 25.2 Å². The van der Waals surface area contributed by atoms with Crippen LogP contribution in [0.1, 0.15) is 11.8 Å². The first-order valence-electron chi connectivity index (χ1n) is 5.20. The molecule has 0 fully saturated rings. The van der Waals surface area contributed by atoms with Crippen LogP contribution in [0.5, 0.6) is 0 Å². The summed E-state index contributed by atoms with van der Waals surface area (Å²) >= 11 is 2.39. The molecule has 0 spiro atoms. The lowest BCUT2D eigenvalue weighted by atomic mass is 10.4. The van der Waals surface area contributed by atoms with E-state index in [0.717, 1.165) is 22.8 Å². The SMILES string of the molecule is CCNCc1ccc(S(=O)(=O)Nc2nncs2)s1. The van der Waals surface area contributed by atoms with Crippen LogP contribution in [0.4, 0.5) is 5.13 Å². The van der Waals surface area contributed by atoms with Crippen LogP contribution in [0.3, 0.4) is 0 Å². The van der Waals surface area contributed by atoms with Gasteiger partial charge >= 0.3 is 0 Å². The van der Waals surface area contributed by atoms with E-state index in [2.05, 4.69) is 20.2 Å². The van der Waals surface area contributed by atoms with Gasteiger partial charge in [0.05, 0.1) is 0 Å². The minimum absolute atomic E-state index is 0.275. The Morgan fingerprint density at radius 1 is 1.39 bits per heavy atom. The number of sulfonamides is 1. The molecule has 2 aromatic heterocycles. The molecule has 98 valence electrons. The highest BCUT2D eigenvalue weighted by atomic mass is 32.2. The Kier molecular flexibility index (Phi) is 4.27. The summed E-state index contributed by atoms with van der Waals surface area (Å²) in [5, 5.41) is 10.7. The molecule has 2 heterocycles. The fourth-order valence-corrected chi connectivity index (χ4v) is 4.25. The molecule has 0 aromatic carbocycles. The predicted molar refractivity (Wildman–Crippen MR) is 72.4 cm³/mol. The molecule has 0 radical (unpaired) electrons. The zero-order valence-corrected chi connectivity index (χ0v) is 12.0. The second-order valence-electron chi connectivity index (χ2n) is 3.35. The van der Waals surface area contributed by atoms with Gasteiger partial charge < -0.3 is 5.32 Å². The van der Waals surface area contributed by atoms with Crippen molar-refractivity contribution < 1.29 is 8.42 Å². The van der Waals surface area contributed by atoms with E-state index < -0.39 is 10.0 Å². The summed E-state index contributed by atoms with van der Waals surface area (Å²) in [6.45, 7) is 3.53. The summed E-state index contributed by atoms with van der Waals surface area (Å²) in [6.07, 6.45) is 0. The van der Waals surface area contributed by atoms with Crippen molar-refractivity contribution in [3.63, 3.8) is 0 Å². The minimum atomic E-state index is -3.54. The first-order valence-corrected chi connectivity index (χ1v) is 8.38. The molecule has 6 nitrogen and oxygen atoms in total. The summed E-state index contributed by atoms with van der Waals surface area (Å²) in [5.41, 5.74) is 1.48. The van der Waals surface area contributed by atoms with E-state index in [1.165, 1.54) is 16.8 Å². The maximum atomic E-state index is 12.0. The Morgan fingerprint density at radius 2 is 2.22 bits per heavy atom. The van der Waals surface area contributed by atoms with Crippen molar-refractivity contribution in [2.45, 2.75) is 17.7 Å². The van der Waals surface area contributed by atoms with Gasteiger partial charge in [0.2, 0.25) is 5.13 Å². The van der Waals surface area contributed by atoms with Crippen LogP contribution in [0, 0.1) is 0 Å². The van der Waals surface area contributed by atoms with Gasteiger partial charge in [-0.15, -0.1) is 21.5 Å².